The number of methoxy groups -OCH3 is 1. The van der Waals surface area contributed by atoms with Gasteiger partial charge in [0.1, 0.15) is 5.60 Å². The third kappa shape index (κ3) is 8.07. The summed E-state index contributed by atoms with van der Waals surface area (Å²) >= 11 is 0. The number of hydrogen-bond donors (Lipinski definition) is 0. The van der Waals surface area contributed by atoms with Crippen molar-refractivity contribution in [1.82, 2.24) is 0 Å². The molecule has 3 aromatic rings. The van der Waals surface area contributed by atoms with Gasteiger partial charge in [0.05, 0.1) is 7.11 Å². The zero-order valence-corrected chi connectivity index (χ0v) is 21.2. The van der Waals surface area contributed by atoms with Gasteiger partial charge in [0, 0.05) is 13.0 Å². The van der Waals surface area contributed by atoms with E-state index < -0.39 is 5.60 Å². The number of benzene rings is 3. The molecule has 186 valence electrons. The van der Waals surface area contributed by atoms with E-state index in [0.29, 0.717) is 13.0 Å². The van der Waals surface area contributed by atoms with Crippen LogP contribution in [0.15, 0.2) is 91.0 Å². The molecule has 35 heavy (non-hydrogen) atoms. The molecule has 0 heterocycles. The second-order valence-electron chi connectivity index (χ2n) is 9.14. The highest BCUT2D eigenvalue weighted by Crippen LogP contribution is 2.40. The molecule has 3 aromatic carbocycles. The lowest BCUT2D eigenvalue weighted by Gasteiger charge is -2.36. The maximum Gasteiger partial charge on any atom is 0.305 e. The fraction of sp³-hybridized carbons (Fsp3) is 0.406. The number of rotatable bonds is 16. The summed E-state index contributed by atoms with van der Waals surface area (Å²) in [7, 11) is 1.46. The van der Waals surface area contributed by atoms with E-state index in [-0.39, 0.29) is 5.97 Å². The van der Waals surface area contributed by atoms with Crippen molar-refractivity contribution in [2.75, 3.05) is 13.7 Å². The molecule has 0 radical (unpaired) electrons. The first-order valence-corrected chi connectivity index (χ1v) is 13.1. The molecule has 0 aliphatic rings. The lowest BCUT2D eigenvalue weighted by molar-refractivity contribution is -0.140. The van der Waals surface area contributed by atoms with Crippen LogP contribution in [0.5, 0.6) is 0 Å². The summed E-state index contributed by atoms with van der Waals surface area (Å²) in [6.07, 6.45) is 11.0. The minimum absolute atomic E-state index is 0.0944. The molecule has 0 fully saturated rings. The van der Waals surface area contributed by atoms with Gasteiger partial charge in [-0.2, -0.15) is 0 Å². The molecule has 0 aliphatic carbocycles. The summed E-state index contributed by atoms with van der Waals surface area (Å²) in [5, 5.41) is 0. The Balaban J connectivity index is 1.51. The molecule has 0 atom stereocenters. The van der Waals surface area contributed by atoms with Gasteiger partial charge in [-0.25, -0.2) is 0 Å². The SMILES string of the molecule is COC(=O)CCCCCCCCCCCOC(c1ccccc1)(c1ccccc1)c1ccccc1. The van der Waals surface area contributed by atoms with E-state index in [9.17, 15) is 4.79 Å². The van der Waals surface area contributed by atoms with Gasteiger partial charge < -0.3 is 9.47 Å². The Labute approximate surface area is 211 Å². The summed E-state index contributed by atoms with van der Waals surface area (Å²) in [5.74, 6) is -0.0944. The Bertz CT molecular complexity index is 857. The highest BCUT2D eigenvalue weighted by atomic mass is 16.5. The van der Waals surface area contributed by atoms with Crippen LogP contribution in [-0.4, -0.2) is 19.7 Å². The highest BCUT2D eigenvalue weighted by Gasteiger charge is 2.37. The Morgan fingerprint density at radius 2 is 0.943 bits per heavy atom. The standard InChI is InChI=1S/C32H40O3/c1-34-31(33)26-18-7-5-3-2-4-6-8-19-27-35-32(28-20-12-9-13-21-28,29-22-14-10-15-23-29)30-24-16-11-17-25-30/h9-17,20-25H,2-8,18-19,26-27H2,1H3. The van der Waals surface area contributed by atoms with Crippen molar-refractivity contribution in [3.8, 4) is 0 Å². The van der Waals surface area contributed by atoms with Crippen molar-refractivity contribution < 1.29 is 14.3 Å². The van der Waals surface area contributed by atoms with Gasteiger partial charge in [-0.05, 0) is 29.5 Å². The molecule has 0 saturated heterocycles. The van der Waals surface area contributed by atoms with Crippen LogP contribution in [0.2, 0.25) is 0 Å². The van der Waals surface area contributed by atoms with Crippen LogP contribution in [0.1, 0.15) is 80.9 Å². The lowest BCUT2D eigenvalue weighted by atomic mass is 9.80. The van der Waals surface area contributed by atoms with Gasteiger partial charge in [-0.1, -0.05) is 136 Å². The molecular weight excluding hydrogens is 432 g/mol. The molecular formula is C32H40O3. The lowest BCUT2D eigenvalue weighted by Crippen LogP contribution is -2.33. The van der Waals surface area contributed by atoms with Crippen LogP contribution in [-0.2, 0) is 19.9 Å². The molecule has 0 unspecified atom stereocenters. The summed E-state index contributed by atoms with van der Waals surface area (Å²) in [6, 6.07) is 31.8. The zero-order chi connectivity index (χ0) is 24.6. The molecule has 0 bridgehead atoms. The second-order valence-corrected chi connectivity index (χ2v) is 9.14. The molecule has 0 aliphatic heterocycles. The van der Waals surface area contributed by atoms with Gasteiger partial charge >= 0.3 is 5.97 Å². The third-order valence-electron chi connectivity index (χ3n) is 6.61. The van der Waals surface area contributed by atoms with E-state index in [1.807, 2.05) is 0 Å². The Kier molecular flexibility index (Phi) is 11.6. The van der Waals surface area contributed by atoms with Gasteiger partial charge in [-0.3, -0.25) is 4.79 Å². The minimum Gasteiger partial charge on any atom is -0.469 e. The van der Waals surface area contributed by atoms with E-state index in [4.69, 9.17) is 4.74 Å². The topological polar surface area (TPSA) is 35.5 Å². The average Bonchev–Trinajstić information content (AvgIpc) is 2.93. The van der Waals surface area contributed by atoms with E-state index in [2.05, 4.69) is 95.7 Å². The molecule has 0 saturated carbocycles. The van der Waals surface area contributed by atoms with E-state index in [1.54, 1.807) is 0 Å². The number of hydrogen-bond acceptors (Lipinski definition) is 3. The minimum atomic E-state index is -0.617. The molecule has 3 nitrogen and oxygen atoms in total. The predicted molar refractivity (Wildman–Crippen MR) is 143 cm³/mol. The maximum atomic E-state index is 11.1. The fourth-order valence-electron chi connectivity index (χ4n) is 4.70. The van der Waals surface area contributed by atoms with Crippen LogP contribution in [0.25, 0.3) is 0 Å². The van der Waals surface area contributed by atoms with Gasteiger partial charge in [0.2, 0.25) is 0 Å². The predicted octanol–water partition coefficient (Wildman–Crippen LogP) is 8.07. The van der Waals surface area contributed by atoms with Crippen molar-refractivity contribution in [3.05, 3.63) is 108 Å². The molecule has 3 heteroatoms. The monoisotopic (exact) mass is 472 g/mol. The zero-order valence-electron chi connectivity index (χ0n) is 21.2. The first kappa shape index (κ1) is 26.7. The summed E-state index contributed by atoms with van der Waals surface area (Å²) in [5.41, 5.74) is 2.85. The maximum absolute atomic E-state index is 11.1. The normalized spacial score (nSPS) is 11.3. The summed E-state index contributed by atoms with van der Waals surface area (Å²) in [4.78, 5) is 11.1. The van der Waals surface area contributed by atoms with Crippen LogP contribution in [0, 0.1) is 0 Å². The van der Waals surface area contributed by atoms with Gasteiger partial charge in [0.25, 0.3) is 0 Å². The molecule has 0 spiro atoms. The number of unbranched alkanes of at least 4 members (excludes halogenated alkanes) is 8. The number of ether oxygens (including phenoxy) is 2. The molecule has 3 rings (SSSR count). The fourth-order valence-corrected chi connectivity index (χ4v) is 4.70. The van der Waals surface area contributed by atoms with Crippen molar-refractivity contribution >= 4 is 5.97 Å². The smallest absolute Gasteiger partial charge is 0.305 e. The third-order valence-corrected chi connectivity index (χ3v) is 6.61. The molecule has 0 N–H and O–H groups in total. The highest BCUT2D eigenvalue weighted by molar-refractivity contribution is 5.68. The first-order valence-electron chi connectivity index (χ1n) is 13.1. The van der Waals surface area contributed by atoms with Crippen molar-refractivity contribution in [2.45, 2.75) is 69.8 Å². The number of esters is 1. The van der Waals surface area contributed by atoms with Crippen LogP contribution < -0.4 is 0 Å². The van der Waals surface area contributed by atoms with Gasteiger partial charge in [0.15, 0.2) is 0 Å². The Hall–Kier alpha value is -2.91. The molecule has 0 aromatic heterocycles. The van der Waals surface area contributed by atoms with E-state index >= 15 is 0 Å². The first-order chi connectivity index (χ1) is 17.3. The Morgan fingerprint density at radius 3 is 1.34 bits per heavy atom. The molecule has 0 amide bonds. The Morgan fingerprint density at radius 1 is 0.571 bits per heavy atom. The number of carbonyl (C=O) groups excluding carboxylic acids is 1. The van der Waals surface area contributed by atoms with E-state index in [1.165, 1.54) is 45.6 Å². The average molecular weight is 473 g/mol. The van der Waals surface area contributed by atoms with Gasteiger partial charge in [-0.15, -0.1) is 0 Å². The summed E-state index contributed by atoms with van der Waals surface area (Å²) in [6.45, 7) is 0.714. The van der Waals surface area contributed by atoms with Crippen molar-refractivity contribution in [3.63, 3.8) is 0 Å². The van der Waals surface area contributed by atoms with Crippen LogP contribution >= 0.6 is 0 Å². The summed E-state index contributed by atoms with van der Waals surface area (Å²) < 4.78 is 11.5. The van der Waals surface area contributed by atoms with Crippen molar-refractivity contribution in [2.24, 2.45) is 0 Å². The van der Waals surface area contributed by atoms with E-state index in [0.717, 1.165) is 36.0 Å². The quantitative estimate of drug-likeness (QED) is 0.120. The van der Waals surface area contributed by atoms with Crippen LogP contribution in [0.3, 0.4) is 0 Å². The number of carbonyl (C=O) groups is 1. The van der Waals surface area contributed by atoms with Crippen LogP contribution in [0.4, 0.5) is 0 Å². The van der Waals surface area contributed by atoms with Crippen molar-refractivity contribution in [1.29, 1.82) is 0 Å². The largest absolute Gasteiger partial charge is 0.469 e. The second kappa shape index (κ2) is 15.2.